The molecule has 2 N–H and O–H groups in total. The maximum atomic E-state index is 12.4. The zero-order valence-electron chi connectivity index (χ0n) is 15.3. The summed E-state index contributed by atoms with van der Waals surface area (Å²) >= 11 is 0. The molecule has 1 saturated heterocycles. The van der Waals surface area contributed by atoms with Crippen LogP contribution in [0.5, 0.6) is 0 Å². The van der Waals surface area contributed by atoms with Gasteiger partial charge < -0.3 is 10.2 Å². The van der Waals surface area contributed by atoms with E-state index in [9.17, 15) is 18.0 Å². The minimum atomic E-state index is -3.85. The molecule has 0 aromatic heterocycles. The number of fused-ring (bicyclic) bond motifs is 2. The van der Waals surface area contributed by atoms with Crippen molar-refractivity contribution in [3.8, 4) is 0 Å². The third-order valence-electron chi connectivity index (χ3n) is 5.75. The van der Waals surface area contributed by atoms with E-state index in [4.69, 9.17) is 0 Å². The first-order valence-corrected chi connectivity index (χ1v) is 11.3. The first kappa shape index (κ1) is 18.3. The zero-order valence-corrected chi connectivity index (χ0v) is 16.2. The highest BCUT2D eigenvalue weighted by Crippen LogP contribution is 2.38. The van der Waals surface area contributed by atoms with Crippen molar-refractivity contribution in [3.63, 3.8) is 0 Å². The number of nitrogens with zero attached hydrogens (tertiary/aromatic N) is 1. The van der Waals surface area contributed by atoms with Crippen LogP contribution in [0, 0.1) is 0 Å². The van der Waals surface area contributed by atoms with Crippen LogP contribution in [-0.2, 0) is 40.5 Å². The molecular formula is C19H25N3O4S. The number of benzene rings is 1. The number of amides is 3. The predicted octanol–water partition coefficient (Wildman–Crippen LogP) is 1.74. The molecule has 1 aromatic rings. The summed E-state index contributed by atoms with van der Waals surface area (Å²) in [7, 11) is -3.85. The lowest BCUT2D eigenvalue weighted by Crippen LogP contribution is -2.43. The highest BCUT2D eigenvalue weighted by molar-refractivity contribution is 7.90. The van der Waals surface area contributed by atoms with Crippen molar-refractivity contribution >= 4 is 27.6 Å². The Labute approximate surface area is 159 Å². The molecule has 0 spiro atoms. The molecule has 0 saturated carbocycles. The molecule has 27 heavy (non-hydrogen) atoms. The molecule has 3 amide bonds. The Morgan fingerprint density at radius 3 is 2.15 bits per heavy atom. The third-order valence-corrected chi connectivity index (χ3v) is 6.99. The minimum Gasteiger partial charge on any atom is -0.343 e. The average Bonchev–Trinajstić information content (AvgIpc) is 3.19. The van der Waals surface area contributed by atoms with E-state index < -0.39 is 16.1 Å². The predicted molar refractivity (Wildman–Crippen MR) is 102 cm³/mol. The molecule has 0 bridgehead atoms. The Balaban J connectivity index is 1.42. The van der Waals surface area contributed by atoms with Crippen molar-refractivity contribution in [1.82, 2.24) is 9.62 Å². The second kappa shape index (κ2) is 7.14. The van der Waals surface area contributed by atoms with E-state index in [1.165, 1.54) is 11.1 Å². The van der Waals surface area contributed by atoms with E-state index in [1.807, 2.05) is 0 Å². The van der Waals surface area contributed by atoms with Gasteiger partial charge in [-0.3, -0.25) is 4.79 Å². The molecule has 1 aliphatic heterocycles. The van der Waals surface area contributed by atoms with Crippen molar-refractivity contribution in [2.24, 2.45) is 0 Å². The molecule has 0 atom stereocenters. The van der Waals surface area contributed by atoms with Crippen LogP contribution >= 0.6 is 0 Å². The SMILES string of the molecule is O=C(Nc1c2c(cc3c1CCC3)CCC2)NS(=O)(=O)CCC(=O)N1CCC1. The number of sulfonamides is 1. The first-order valence-electron chi connectivity index (χ1n) is 9.69. The Bertz CT molecular complexity index is 858. The molecule has 0 unspecified atom stereocenters. The summed E-state index contributed by atoms with van der Waals surface area (Å²) in [6, 6.07) is 1.52. The number of urea groups is 1. The third kappa shape index (κ3) is 3.81. The van der Waals surface area contributed by atoms with E-state index in [-0.39, 0.29) is 18.1 Å². The van der Waals surface area contributed by atoms with E-state index in [0.29, 0.717) is 13.1 Å². The second-order valence-corrected chi connectivity index (χ2v) is 9.44. The van der Waals surface area contributed by atoms with Crippen molar-refractivity contribution in [2.75, 3.05) is 24.2 Å². The molecular weight excluding hydrogens is 366 g/mol. The Morgan fingerprint density at radius 1 is 0.963 bits per heavy atom. The summed E-state index contributed by atoms with van der Waals surface area (Å²) < 4.78 is 26.4. The van der Waals surface area contributed by atoms with Crippen molar-refractivity contribution < 1.29 is 18.0 Å². The summed E-state index contributed by atoms with van der Waals surface area (Å²) in [5.74, 6) is -0.549. The molecule has 2 aliphatic carbocycles. The van der Waals surface area contributed by atoms with Crippen LogP contribution < -0.4 is 10.0 Å². The maximum Gasteiger partial charge on any atom is 0.332 e. The average molecular weight is 391 g/mol. The van der Waals surface area contributed by atoms with E-state index in [0.717, 1.165) is 61.8 Å². The fourth-order valence-electron chi connectivity index (χ4n) is 4.24. The zero-order chi connectivity index (χ0) is 19.0. The number of likely N-dealkylation sites (tertiary alicyclic amines) is 1. The topological polar surface area (TPSA) is 95.6 Å². The van der Waals surface area contributed by atoms with Crippen LogP contribution in [0.2, 0.25) is 0 Å². The fraction of sp³-hybridized carbons (Fsp3) is 0.579. The molecule has 3 aliphatic rings. The van der Waals surface area contributed by atoms with Crippen LogP contribution in [0.25, 0.3) is 0 Å². The fourth-order valence-corrected chi connectivity index (χ4v) is 5.12. The summed E-state index contributed by atoms with van der Waals surface area (Å²) in [6.45, 7) is 1.38. The quantitative estimate of drug-likeness (QED) is 0.799. The molecule has 1 fully saturated rings. The van der Waals surface area contributed by atoms with Crippen LogP contribution in [0.3, 0.4) is 0 Å². The van der Waals surface area contributed by atoms with Gasteiger partial charge >= 0.3 is 6.03 Å². The molecule has 0 radical (unpaired) electrons. The number of anilines is 1. The number of carbonyl (C=O) groups excluding carboxylic acids is 2. The van der Waals surface area contributed by atoms with Gasteiger partial charge in [0.25, 0.3) is 0 Å². The van der Waals surface area contributed by atoms with Gasteiger partial charge in [0.2, 0.25) is 15.9 Å². The summed E-state index contributed by atoms with van der Waals surface area (Å²) in [4.78, 5) is 25.8. The summed E-state index contributed by atoms with van der Waals surface area (Å²) in [5, 5.41) is 2.81. The van der Waals surface area contributed by atoms with Gasteiger partial charge in [-0.05, 0) is 67.2 Å². The Hall–Kier alpha value is -2.09. The smallest absolute Gasteiger partial charge is 0.332 e. The summed E-state index contributed by atoms with van der Waals surface area (Å²) in [6.07, 6.45) is 6.83. The molecule has 4 rings (SSSR count). The number of carbonyl (C=O) groups is 2. The van der Waals surface area contributed by atoms with Gasteiger partial charge in [0, 0.05) is 25.2 Å². The Kier molecular flexibility index (Phi) is 4.84. The standard InChI is InChI=1S/C19H25N3O4S/c23-17(22-9-3-10-22)8-11-27(25,26)21-19(24)20-18-15-6-1-4-13(15)12-14-5-2-7-16(14)18/h12H,1-11H2,(H2,20,21,24). The molecule has 146 valence electrons. The lowest BCUT2D eigenvalue weighted by molar-refractivity contribution is -0.134. The molecule has 7 nitrogen and oxygen atoms in total. The van der Waals surface area contributed by atoms with Gasteiger partial charge in [-0.2, -0.15) is 0 Å². The van der Waals surface area contributed by atoms with E-state index in [2.05, 4.69) is 16.1 Å². The van der Waals surface area contributed by atoms with Crippen LogP contribution in [0.4, 0.5) is 10.5 Å². The van der Waals surface area contributed by atoms with Gasteiger partial charge in [-0.1, -0.05) is 6.07 Å². The van der Waals surface area contributed by atoms with Gasteiger partial charge in [0.05, 0.1) is 5.75 Å². The van der Waals surface area contributed by atoms with Crippen molar-refractivity contribution in [2.45, 2.75) is 51.4 Å². The first-order chi connectivity index (χ1) is 12.9. The monoisotopic (exact) mass is 391 g/mol. The van der Waals surface area contributed by atoms with Crippen molar-refractivity contribution in [1.29, 1.82) is 0 Å². The number of aryl methyl sites for hydroxylation is 2. The highest BCUT2D eigenvalue weighted by Gasteiger charge is 2.27. The largest absolute Gasteiger partial charge is 0.343 e. The lowest BCUT2D eigenvalue weighted by Gasteiger charge is -2.30. The minimum absolute atomic E-state index is 0.0985. The van der Waals surface area contributed by atoms with Crippen LogP contribution in [0.1, 0.15) is 47.9 Å². The maximum absolute atomic E-state index is 12.4. The van der Waals surface area contributed by atoms with Gasteiger partial charge in [-0.25, -0.2) is 17.9 Å². The van der Waals surface area contributed by atoms with Crippen LogP contribution in [-0.4, -0.2) is 44.1 Å². The second-order valence-electron chi connectivity index (χ2n) is 7.59. The number of nitrogens with one attached hydrogen (secondary N) is 2. The van der Waals surface area contributed by atoms with E-state index >= 15 is 0 Å². The van der Waals surface area contributed by atoms with Gasteiger partial charge in [0.15, 0.2) is 0 Å². The van der Waals surface area contributed by atoms with Gasteiger partial charge in [-0.15, -0.1) is 0 Å². The Morgan fingerprint density at radius 2 is 1.59 bits per heavy atom. The lowest BCUT2D eigenvalue weighted by atomic mass is 9.99. The van der Waals surface area contributed by atoms with Gasteiger partial charge in [0.1, 0.15) is 0 Å². The molecule has 1 aromatic carbocycles. The summed E-state index contributed by atoms with van der Waals surface area (Å²) in [5.41, 5.74) is 5.65. The number of hydrogen-bond donors (Lipinski definition) is 2. The number of rotatable bonds is 5. The molecule has 8 heteroatoms. The van der Waals surface area contributed by atoms with E-state index in [1.54, 1.807) is 4.90 Å². The molecule has 1 heterocycles. The van der Waals surface area contributed by atoms with Crippen LogP contribution in [0.15, 0.2) is 6.07 Å². The highest BCUT2D eigenvalue weighted by atomic mass is 32.2. The normalized spacial score (nSPS) is 17.9. The van der Waals surface area contributed by atoms with Crippen molar-refractivity contribution in [3.05, 3.63) is 28.3 Å². The number of hydrogen-bond acceptors (Lipinski definition) is 4.